The van der Waals surface area contributed by atoms with Gasteiger partial charge in [-0.15, -0.1) is 10.2 Å². The van der Waals surface area contributed by atoms with Gasteiger partial charge in [0, 0.05) is 52.8 Å². The van der Waals surface area contributed by atoms with E-state index in [9.17, 15) is 4.79 Å². The topological polar surface area (TPSA) is 87.9 Å². The van der Waals surface area contributed by atoms with Gasteiger partial charge in [0.15, 0.2) is 11.8 Å². The molecule has 0 saturated carbocycles. The van der Waals surface area contributed by atoms with Crippen molar-refractivity contribution in [1.29, 1.82) is 0 Å². The standard InChI is InChI=1S/C17H27N7O2/c1-18-17(19-12-15-21-20-14-5-2-6-24(14)15)23-9-7-22(8-10-23)16(25)13-4-3-11-26-13/h13H,2-12H2,1H3,(H,18,19). The van der Waals surface area contributed by atoms with Crippen molar-refractivity contribution in [1.82, 2.24) is 29.9 Å². The first-order valence-electron chi connectivity index (χ1n) is 9.53. The first kappa shape index (κ1) is 17.3. The number of amides is 1. The SMILES string of the molecule is CN=C(NCc1nnc2n1CCC2)N1CCN(C(=O)C2CCCO2)CC1. The molecule has 2 fully saturated rings. The number of aryl methyl sites for hydroxylation is 1. The Morgan fingerprint density at radius 3 is 2.73 bits per heavy atom. The van der Waals surface area contributed by atoms with E-state index in [1.165, 1.54) is 0 Å². The number of carbonyl (C=O) groups is 1. The molecule has 9 nitrogen and oxygen atoms in total. The highest BCUT2D eigenvalue weighted by molar-refractivity contribution is 5.82. The van der Waals surface area contributed by atoms with E-state index in [1.54, 1.807) is 7.05 Å². The Hall–Kier alpha value is -2.16. The van der Waals surface area contributed by atoms with E-state index in [1.807, 2.05) is 4.90 Å². The molecule has 1 unspecified atom stereocenters. The molecule has 1 N–H and O–H groups in total. The molecule has 0 bridgehead atoms. The van der Waals surface area contributed by atoms with Gasteiger partial charge >= 0.3 is 0 Å². The van der Waals surface area contributed by atoms with Gasteiger partial charge in [-0.2, -0.15) is 0 Å². The molecule has 0 aliphatic carbocycles. The highest BCUT2D eigenvalue weighted by Gasteiger charge is 2.31. The lowest BCUT2D eigenvalue weighted by atomic mass is 10.2. The van der Waals surface area contributed by atoms with E-state index >= 15 is 0 Å². The number of hydrogen-bond acceptors (Lipinski definition) is 5. The smallest absolute Gasteiger partial charge is 0.251 e. The molecule has 9 heteroatoms. The maximum Gasteiger partial charge on any atom is 0.251 e. The molecule has 1 aromatic rings. The lowest BCUT2D eigenvalue weighted by Crippen LogP contribution is -2.55. The number of guanidine groups is 1. The number of aromatic nitrogens is 3. The number of hydrogen-bond donors (Lipinski definition) is 1. The summed E-state index contributed by atoms with van der Waals surface area (Å²) in [5, 5.41) is 11.9. The average molecular weight is 361 g/mol. The third-order valence-electron chi connectivity index (χ3n) is 5.40. The molecular weight excluding hydrogens is 334 g/mol. The van der Waals surface area contributed by atoms with Gasteiger partial charge in [0.1, 0.15) is 11.9 Å². The Kier molecular flexibility index (Phi) is 5.05. The molecule has 4 rings (SSSR count). The quantitative estimate of drug-likeness (QED) is 0.583. The highest BCUT2D eigenvalue weighted by Crippen LogP contribution is 2.16. The number of nitrogens with zero attached hydrogens (tertiary/aromatic N) is 6. The van der Waals surface area contributed by atoms with Gasteiger partial charge in [0.2, 0.25) is 0 Å². The lowest BCUT2D eigenvalue weighted by molar-refractivity contribution is -0.142. The molecule has 4 heterocycles. The summed E-state index contributed by atoms with van der Waals surface area (Å²) < 4.78 is 7.72. The van der Waals surface area contributed by atoms with Crippen molar-refractivity contribution in [3.05, 3.63) is 11.6 Å². The van der Waals surface area contributed by atoms with Crippen LogP contribution in [0.5, 0.6) is 0 Å². The van der Waals surface area contributed by atoms with Crippen LogP contribution in [0.25, 0.3) is 0 Å². The van der Waals surface area contributed by atoms with Crippen LogP contribution >= 0.6 is 0 Å². The summed E-state index contributed by atoms with van der Waals surface area (Å²) in [6.07, 6.45) is 3.77. The minimum atomic E-state index is -0.228. The zero-order valence-electron chi connectivity index (χ0n) is 15.4. The second kappa shape index (κ2) is 7.61. The Morgan fingerprint density at radius 2 is 2.00 bits per heavy atom. The van der Waals surface area contributed by atoms with E-state index in [0.717, 1.165) is 62.9 Å². The van der Waals surface area contributed by atoms with Crippen LogP contribution in [0.4, 0.5) is 0 Å². The number of piperazine rings is 1. The van der Waals surface area contributed by atoms with Crippen LogP contribution in [0, 0.1) is 0 Å². The molecule has 0 radical (unpaired) electrons. The van der Waals surface area contributed by atoms with E-state index in [2.05, 4.69) is 30.0 Å². The van der Waals surface area contributed by atoms with Gasteiger partial charge < -0.3 is 24.4 Å². The second-order valence-corrected chi connectivity index (χ2v) is 7.00. The van der Waals surface area contributed by atoms with Gasteiger partial charge in [0.25, 0.3) is 5.91 Å². The Bertz CT molecular complexity index is 673. The highest BCUT2D eigenvalue weighted by atomic mass is 16.5. The van der Waals surface area contributed by atoms with Gasteiger partial charge in [-0.05, 0) is 19.3 Å². The minimum Gasteiger partial charge on any atom is -0.368 e. The van der Waals surface area contributed by atoms with Crippen LogP contribution in [0.15, 0.2) is 4.99 Å². The predicted octanol–water partition coefficient (Wildman–Crippen LogP) is -0.377. The molecular formula is C17H27N7O2. The monoisotopic (exact) mass is 361 g/mol. The summed E-state index contributed by atoms with van der Waals surface area (Å²) in [6.45, 7) is 5.29. The molecule has 26 heavy (non-hydrogen) atoms. The summed E-state index contributed by atoms with van der Waals surface area (Å²) in [4.78, 5) is 21.0. The molecule has 1 aromatic heterocycles. The van der Waals surface area contributed by atoms with Crippen LogP contribution < -0.4 is 5.32 Å². The number of ether oxygens (including phenoxy) is 1. The fraction of sp³-hybridized carbons (Fsp3) is 0.765. The van der Waals surface area contributed by atoms with Crippen molar-refractivity contribution in [2.45, 2.75) is 44.9 Å². The first-order valence-corrected chi connectivity index (χ1v) is 9.53. The number of carbonyl (C=O) groups excluding carboxylic acids is 1. The van der Waals surface area contributed by atoms with Crippen molar-refractivity contribution < 1.29 is 9.53 Å². The Morgan fingerprint density at radius 1 is 1.19 bits per heavy atom. The molecule has 3 aliphatic heterocycles. The predicted molar refractivity (Wildman–Crippen MR) is 95.7 cm³/mol. The summed E-state index contributed by atoms with van der Waals surface area (Å²) >= 11 is 0. The van der Waals surface area contributed by atoms with Crippen molar-refractivity contribution in [2.24, 2.45) is 4.99 Å². The summed E-state index contributed by atoms with van der Waals surface area (Å²) in [5.74, 6) is 3.04. The Balaban J connectivity index is 1.29. The normalized spacial score (nSPS) is 23.4. The maximum atomic E-state index is 12.5. The zero-order chi connectivity index (χ0) is 17.9. The number of nitrogens with one attached hydrogen (secondary N) is 1. The van der Waals surface area contributed by atoms with Crippen molar-refractivity contribution in [2.75, 3.05) is 39.8 Å². The van der Waals surface area contributed by atoms with E-state index in [-0.39, 0.29) is 12.0 Å². The van der Waals surface area contributed by atoms with Crippen molar-refractivity contribution in [3.63, 3.8) is 0 Å². The molecule has 1 atom stereocenters. The van der Waals surface area contributed by atoms with Gasteiger partial charge in [-0.3, -0.25) is 9.79 Å². The fourth-order valence-electron chi connectivity index (χ4n) is 3.95. The summed E-state index contributed by atoms with van der Waals surface area (Å²) in [7, 11) is 1.79. The molecule has 0 spiro atoms. The summed E-state index contributed by atoms with van der Waals surface area (Å²) in [6, 6.07) is 0. The number of rotatable bonds is 3. The van der Waals surface area contributed by atoms with Gasteiger partial charge in [0.05, 0.1) is 6.54 Å². The first-order chi connectivity index (χ1) is 12.8. The third-order valence-corrected chi connectivity index (χ3v) is 5.40. The number of fused-ring (bicyclic) bond motifs is 1. The largest absolute Gasteiger partial charge is 0.368 e. The molecule has 1 amide bonds. The minimum absolute atomic E-state index is 0.143. The van der Waals surface area contributed by atoms with Crippen LogP contribution in [-0.2, 0) is 29.0 Å². The van der Waals surface area contributed by atoms with Gasteiger partial charge in [-0.25, -0.2) is 0 Å². The van der Waals surface area contributed by atoms with Crippen molar-refractivity contribution >= 4 is 11.9 Å². The fourth-order valence-corrected chi connectivity index (χ4v) is 3.95. The maximum absolute atomic E-state index is 12.5. The third kappa shape index (κ3) is 3.40. The zero-order valence-corrected chi connectivity index (χ0v) is 15.4. The van der Waals surface area contributed by atoms with Crippen LogP contribution in [0.1, 0.15) is 30.9 Å². The van der Waals surface area contributed by atoms with Crippen molar-refractivity contribution in [3.8, 4) is 0 Å². The molecule has 2 saturated heterocycles. The van der Waals surface area contributed by atoms with Crippen LogP contribution in [0.3, 0.4) is 0 Å². The Labute approximate surface area is 153 Å². The number of aliphatic imine (C=N–C) groups is 1. The lowest BCUT2D eigenvalue weighted by Gasteiger charge is -2.37. The summed E-state index contributed by atoms with van der Waals surface area (Å²) in [5.41, 5.74) is 0. The van der Waals surface area contributed by atoms with E-state index in [4.69, 9.17) is 4.74 Å². The van der Waals surface area contributed by atoms with Gasteiger partial charge in [-0.1, -0.05) is 0 Å². The molecule has 142 valence electrons. The van der Waals surface area contributed by atoms with Crippen LogP contribution in [-0.4, -0.2) is 82.4 Å². The van der Waals surface area contributed by atoms with Crippen LogP contribution in [0.2, 0.25) is 0 Å². The van der Waals surface area contributed by atoms with E-state index in [0.29, 0.717) is 26.2 Å². The molecule has 0 aromatic carbocycles. The average Bonchev–Trinajstić information content (AvgIpc) is 3.41. The molecule has 3 aliphatic rings. The van der Waals surface area contributed by atoms with E-state index < -0.39 is 0 Å². The second-order valence-electron chi connectivity index (χ2n) is 7.00.